The molecule has 2 amide bonds. The number of fused-ring (bicyclic) bond motifs is 2. The first kappa shape index (κ1) is 40.9. The summed E-state index contributed by atoms with van der Waals surface area (Å²) in [7, 11) is 0. The number of pyridine rings is 2. The molecule has 1 saturated carbocycles. The Morgan fingerprint density at radius 1 is 0.823 bits per heavy atom. The van der Waals surface area contributed by atoms with Crippen LogP contribution < -0.4 is 16.6 Å². The first-order valence-electron chi connectivity index (χ1n) is 20.4. The maximum absolute atomic E-state index is 14.7. The predicted molar refractivity (Wildman–Crippen MR) is 232 cm³/mol. The lowest BCUT2D eigenvalue weighted by Crippen LogP contribution is -2.48. The van der Waals surface area contributed by atoms with Crippen molar-refractivity contribution in [3.05, 3.63) is 163 Å². The molecule has 5 heterocycles. The molecular formula is C46H41BrF2N8O5. The number of amides is 2. The third kappa shape index (κ3) is 8.52. The number of nitrogens with one attached hydrogen (secondary N) is 1. The molecule has 13 nitrogen and oxygen atoms in total. The van der Waals surface area contributed by atoms with E-state index in [1.165, 1.54) is 38.1 Å². The Morgan fingerprint density at radius 2 is 1.61 bits per heavy atom. The van der Waals surface area contributed by atoms with Crippen molar-refractivity contribution in [1.29, 1.82) is 0 Å². The van der Waals surface area contributed by atoms with Gasteiger partial charge in [0, 0.05) is 61.7 Å². The first-order valence-corrected chi connectivity index (χ1v) is 21.2. The standard InChI is InChI=1S/C46H41BrF2N8O5/c47-39-21-30(25-53-17-19-54(20-18-53)46(61)62-28-29-5-2-1-3-6-29)9-15-37(39)31-7-4-8-36(22-31)56-42-38(23-33(49)24-50-42)44(59)57(45(56)60)35-13-11-34(12-14-35)51-43(58)40-27-55-26-32(48)10-16-41(55)52-40/h1-10,15-16,21-24,26-27,34-35H,11-14,17-20,25,28H2,(H,51,58)/t34-,35+. The summed E-state index contributed by atoms with van der Waals surface area (Å²) in [5.41, 5.74) is 3.57. The van der Waals surface area contributed by atoms with Crippen LogP contribution in [-0.4, -0.2) is 77.5 Å². The zero-order valence-electron chi connectivity index (χ0n) is 33.4. The van der Waals surface area contributed by atoms with E-state index >= 15 is 0 Å². The summed E-state index contributed by atoms with van der Waals surface area (Å²) in [6.45, 7) is 3.47. The lowest BCUT2D eigenvalue weighted by atomic mass is 9.90. The molecule has 0 radical (unpaired) electrons. The Morgan fingerprint density at radius 3 is 2.39 bits per heavy atom. The Balaban J connectivity index is 0.897. The SMILES string of the molecule is O=C(N[C@H]1CC[C@@H](n2c(=O)c3cc(F)cnc3n(-c3cccc(-c4ccc(CN5CCN(C(=O)OCc6ccccc6)CC5)cc4Br)c3)c2=O)CC1)c1cn2cc(F)ccc2n1. The first-order chi connectivity index (χ1) is 30.1. The summed E-state index contributed by atoms with van der Waals surface area (Å²) >= 11 is 3.77. The van der Waals surface area contributed by atoms with Gasteiger partial charge in [0.05, 0.1) is 17.3 Å². The van der Waals surface area contributed by atoms with Gasteiger partial charge in [0.25, 0.3) is 11.5 Å². The van der Waals surface area contributed by atoms with Gasteiger partial charge in [-0.2, -0.15) is 0 Å². The van der Waals surface area contributed by atoms with Gasteiger partial charge in [0.2, 0.25) is 0 Å². The Hall–Kier alpha value is -6.52. The van der Waals surface area contributed by atoms with Crippen LogP contribution in [0.1, 0.15) is 53.3 Å². The van der Waals surface area contributed by atoms with E-state index in [2.05, 4.69) is 48.2 Å². The molecule has 16 heteroatoms. The fraction of sp³-hybridized carbons (Fsp3) is 0.261. The van der Waals surface area contributed by atoms with Gasteiger partial charge in [0.1, 0.15) is 29.6 Å². The molecule has 316 valence electrons. The van der Waals surface area contributed by atoms with E-state index in [0.717, 1.165) is 39.0 Å². The molecule has 4 aromatic heterocycles. The minimum Gasteiger partial charge on any atom is -0.445 e. The number of nitrogens with zero attached hydrogens (tertiary/aromatic N) is 7. The van der Waals surface area contributed by atoms with Crippen molar-refractivity contribution in [2.45, 2.75) is 50.9 Å². The molecule has 2 aliphatic rings. The molecule has 2 fully saturated rings. The topological polar surface area (TPSA) is 136 Å². The number of hydrogen-bond acceptors (Lipinski definition) is 8. The van der Waals surface area contributed by atoms with Crippen molar-refractivity contribution in [3.8, 4) is 16.8 Å². The second-order valence-electron chi connectivity index (χ2n) is 15.7. The second kappa shape index (κ2) is 17.5. The van der Waals surface area contributed by atoms with Gasteiger partial charge in [0.15, 0.2) is 5.65 Å². The van der Waals surface area contributed by atoms with Crippen LogP contribution in [0.25, 0.3) is 33.5 Å². The van der Waals surface area contributed by atoms with Gasteiger partial charge in [-0.1, -0.05) is 70.5 Å². The summed E-state index contributed by atoms with van der Waals surface area (Å²) in [5, 5.41) is 2.96. The molecule has 62 heavy (non-hydrogen) atoms. The summed E-state index contributed by atoms with van der Waals surface area (Å²) in [4.78, 5) is 66.8. The minimum absolute atomic E-state index is 0.0239. The number of benzene rings is 3. The lowest BCUT2D eigenvalue weighted by Gasteiger charge is -2.34. The highest BCUT2D eigenvalue weighted by molar-refractivity contribution is 9.10. The number of ether oxygens (including phenoxy) is 1. The van der Waals surface area contributed by atoms with Crippen molar-refractivity contribution in [2.75, 3.05) is 26.2 Å². The molecule has 1 N–H and O–H groups in total. The normalized spacial score (nSPS) is 17.0. The fourth-order valence-corrected chi connectivity index (χ4v) is 9.07. The fourth-order valence-electron chi connectivity index (χ4n) is 8.41. The number of imidazole rings is 1. The number of hydrogen-bond donors (Lipinski definition) is 1. The summed E-state index contributed by atoms with van der Waals surface area (Å²) < 4.78 is 38.7. The molecule has 3 aromatic carbocycles. The smallest absolute Gasteiger partial charge is 0.410 e. The molecular weight excluding hydrogens is 862 g/mol. The number of carbonyl (C=O) groups excluding carboxylic acids is 2. The van der Waals surface area contributed by atoms with E-state index in [4.69, 9.17) is 4.74 Å². The highest BCUT2D eigenvalue weighted by atomic mass is 79.9. The quantitative estimate of drug-likeness (QED) is 0.160. The largest absolute Gasteiger partial charge is 0.445 e. The highest BCUT2D eigenvalue weighted by Gasteiger charge is 2.29. The van der Waals surface area contributed by atoms with E-state index in [1.807, 2.05) is 54.6 Å². The van der Waals surface area contributed by atoms with E-state index in [9.17, 15) is 28.0 Å². The van der Waals surface area contributed by atoms with Gasteiger partial charge >= 0.3 is 11.8 Å². The van der Waals surface area contributed by atoms with Gasteiger partial charge in [-0.15, -0.1) is 0 Å². The van der Waals surface area contributed by atoms with Crippen LogP contribution in [0.2, 0.25) is 0 Å². The zero-order chi connectivity index (χ0) is 42.9. The van der Waals surface area contributed by atoms with Gasteiger partial charge in [-0.25, -0.2) is 32.9 Å². The minimum atomic E-state index is -0.701. The van der Waals surface area contributed by atoms with E-state index in [-0.39, 0.29) is 35.5 Å². The van der Waals surface area contributed by atoms with Crippen molar-refractivity contribution in [1.82, 2.24) is 38.6 Å². The van der Waals surface area contributed by atoms with Crippen LogP contribution in [-0.2, 0) is 17.9 Å². The number of rotatable bonds is 9. The summed E-state index contributed by atoms with van der Waals surface area (Å²) in [5.74, 6) is -1.55. The van der Waals surface area contributed by atoms with Crippen molar-refractivity contribution in [2.24, 2.45) is 0 Å². The molecule has 7 aromatic rings. The highest BCUT2D eigenvalue weighted by Crippen LogP contribution is 2.32. The average Bonchev–Trinajstić information content (AvgIpc) is 3.71. The predicted octanol–water partition coefficient (Wildman–Crippen LogP) is 7.27. The van der Waals surface area contributed by atoms with Crippen LogP contribution >= 0.6 is 15.9 Å². The van der Waals surface area contributed by atoms with Crippen LogP contribution in [0.15, 0.2) is 124 Å². The van der Waals surface area contributed by atoms with E-state index < -0.39 is 34.8 Å². The summed E-state index contributed by atoms with van der Waals surface area (Å²) in [6.07, 6.45) is 5.15. The number of halogens is 3. The van der Waals surface area contributed by atoms with Crippen LogP contribution in [0.4, 0.5) is 13.6 Å². The molecule has 0 unspecified atom stereocenters. The van der Waals surface area contributed by atoms with Crippen molar-refractivity contribution in [3.63, 3.8) is 0 Å². The molecule has 1 aliphatic carbocycles. The van der Waals surface area contributed by atoms with Gasteiger partial charge < -0.3 is 19.4 Å². The molecule has 1 saturated heterocycles. The molecule has 0 atom stereocenters. The van der Waals surface area contributed by atoms with Gasteiger partial charge in [-0.05, 0) is 84.3 Å². The van der Waals surface area contributed by atoms with Crippen LogP contribution in [0, 0.1) is 11.6 Å². The van der Waals surface area contributed by atoms with E-state index in [0.29, 0.717) is 69.7 Å². The molecule has 0 bridgehead atoms. The van der Waals surface area contributed by atoms with Gasteiger partial charge in [-0.3, -0.25) is 19.1 Å². The van der Waals surface area contributed by atoms with Crippen LogP contribution in [0.5, 0.6) is 0 Å². The van der Waals surface area contributed by atoms with Crippen LogP contribution in [0.3, 0.4) is 0 Å². The van der Waals surface area contributed by atoms with Crippen molar-refractivity contribution < 1.29 is 23.1 Å². The number of carbonyl (C=O) groups is 2. The molecule has 1 aliphatic heterocycles. The second-order valence-corrected chi connectivity index (χ2v) is 16.6. The average molecular weight is 904 g/mol. The lowest BCUT2D eigenvalue weighted by molar-refractivity contribution is 0.0700. The van der Waals surface area contributed by atoms with Crippen molar-refractivity contribution >= 4 is 44.6 Å². The Kier molecular flexibility index (Phi) is 11.5. The third-order valence-corrected chi connectivity index (χ3v) is 12.3. The van der Waals surface area contributed by atoms with E-state index in [1.54, 1.807) is 11.0 Å². The Bertz CT molecular complexity index is 2940. The number of piperazine rings is 1. The summed E-state index contributed by atoms with van der Waals surface area (Å²) in [6, 6.07) is 26.2. The third-order valence-electron chi connectivity index (χ3n) is 11.6. The Labute approximate surface area is 362 Å². The molecule has 9 rings (SSSR count). The zero-order valence-corrected chi connectivity index (χ0v) is 35.0. The number of aromatic nitrogens is 5. The maximum atomic E-state index is 14.7. The monoisotopic (exact) mass is 902 g/mol. The maximum Gasteiger partial charge on any atom is 0.410 e. The molecule has 0 spiro atoms.